The van der Waals surface area contributed by atoms with E-state index in [-0.39, 0.29) is 12.6 Å². The third kappa shape index (κ3) is 7.87. The lowest BCUT2D eigenvalue weighted by molar-refractivity contribution is -0.142. The number of hydrogen-bond donors (Lipinski definition) is 0. The average molecular weight is 294 g/mol. The van der Waals surface area contributed by atoms with E-state index in [1.54, 1.807) is 23.2 Å². The van der Waals surface area contributed by atoms with Crippen LogP contribution in [0.2, 0.25) is 0 Å². The number of carbonyl (C=O) groups is 1. The third-order valence-corrected chi connectivity index (χ3v) is 2.30. The van der Waals surface area contributed by atoms with Crippen LogP contribution in [0.25, 0.3) is 0 Å². The predicted octanol–water partition coefficient (Wildman–Crippen LogP) is 3.96. The zero-order chi connectivity index (χ0) is 16.3. The van der Waals surface area contributed by atoms with Crippen LogP contribution in [0.1, 0.15) is 33.4 Å². The van der Waals surface area contributed by atoms with Gasteiger partial charge in [-0.2, -0.15) is 0 Å². The van der Waals surface area contributed by atoms with Crippen LogP contribution in [-0.4, -0.2) is 15.5 Å². The minimum absolute atomic E-state index is 0.148. The number of nitrogens with zero attached hydrogens (tertiary/aromatic N) is 2. The van der Waals surface area contributed by atoms with Crippen molar-refractivity contribution in [3.05, 3.63) is 54.4 Å². The molecule has 1 heterocycles. The van der Waals surface area contributed by atoms with Crippen molar-refractivity contribution in [2.45, 2.75) is 40.8 Å². The Morgan fingerprint density at radius 3 is 2.71 bits per heavy atom. The van der Waals surface area contributed by atoms with Gasteiger partial charge in [-0.05, 0) is 18.6 Å². The first kappa shape index (κ1) is 18.8. The first-order chi connectivity index (χ1) is 10.0. The standard InChI is InChI=1S/C14H17FN2O2.C2H6/c1-4-5-13(6-11(2)15)8-17-10-16-7-14(17)9-19-12(3)18;1-2/h4-7,10H,2,8-9H2,1,3H3;1-2H3/b5-4-,13-6+;. The van der Waals surface area contributed by atoms with Crippen molar-refractivity contribution in [2.24, 2.45) is 0 Å². The van der Waals surface area contributed by atoms with E-state index in [0.29, 0.717) is 6.54 Å². The Morgan fingerprint density at radius 2 is 2.19 bits per heavy atom. The second-order valence-electron chi connectivity index (χ2n) is 3.96. The SMILES string of the molecule is C=C(F)/C=C(\C=C/C)Cn1cncc1COC(C)=O.CC. The highest BCUT2D eigenvalue weighted by atomic mass is 19.1. The van der Waals surface area contributed by atoms with E-state index in [4.69, 9.17) is 4.74 Å². The highest BCUT2D eigenvalue weighted by molar-refractivity contribution is 5.65. The quantitative estimate of drug-likeness (QED) is 0.589. The van der Waals surface area contributed by atoms with Crippen molar-refractivity contribution in [2.75, 3.05) is 0 Å². The smallest absolute Gasteiger partial charge is 0.303 e. The molecule has 1 aromatic rings. The highest BCUT2D eigenvalue weighted by Crippen LogP contribution is 2.10. The molecule has 1 rings (SSSR count). The summed E-state index contributed by atoms with van der Waals surface area (Å²) in [7, 11) is 0. The van der Waals surface area contributed by atoms with E-state index in [2.05, 4.69) is 11.6 Å². The van der Waals surface area contributed by atoms with Gasteiger partial charge in [-0.15, -0.1) is 0 Å². The summed E-state index contributed by atoms with van der Waals surface area (Å²) in [5.41, 5.74) is 1.49. The third-order valence-electron chi connectivity index (χ3n) is 2.30. The highest BCUT2D eigenvalue weighted by Gasteiger charge is 2.05. The zero-order valence-corrected chi connectivity index (χ0v) is 13.1. The second kappa shape index (κ2) is 10.6. The summed E-state index contributed by atoms with van der Waals surface area (Å²) in [6.45, 7) is 11.0. The molecule has 0 aliphatic rings. The minimum atomic E-state index is -0.505. The van der Waals surface area contributed by atoms with Crippen LogP contribution >= 0.6 is 0 Å². The first-order valence-electron chi connectivity index (χ1n) is 6.83. The number of imidazole rings is 1. The fourth-order valence-corrected chi connectivity index (χ4v) is 1.54. The van der Waals surface area contributed by atoms with E-state index in [1.807, 2.05) is 26.8 Å². The minimum Gasteiger partial charge on any atom is -0.459 e. The van der Waals surface area contributed by atoms with Gasteiger partial charge in [0.05, 0.1) is 18.2 Å². The molecule has 0 atom stereocenters. The van der Waals surface area contributed by atoms with Gasteiger partial charge in [-0.3, -0.25) is 4.79 Å². The Labute approximate surface area is 125 Å². The number of ether oxygens (including phenoxy) is 1. The molecule has 0 amide bonds. The Hall–Kier alpha value is -2.17. The molecule has 0 unspecified atom stereocenters. The van der Waals surface area contributed by atoms with E-state index in [0.717, 1.165) is 11.3 Å². The number of halogens is 1. The fraction of sp³-hybridized carbons (Fsp3) is 0.375. The van der Waals surface area contributed by atoms with Crippen molar-refractivity contribution in [3.8, 4) is 0 Å². The van der Waals surface area contributed by atoms with E-state index in [1.165, 1.54) is 13.0 Å². The number of aromatic nitrogens is 2. The van der Waals surface area contributed by atoms with Gasteiger partial charge in [-0.1, -0.05) is 32.6 Å². The summed E-state index contributed by atoms with van der Waals surface area (Å²) in [5, 5.41) is 0. The number of allylic oxidation sites excluding steroid dienone is 5. The van der Waals surface area contributed by atoms with E-state index >= 15 is 0 Å². The Balaban J connectivity index is 0.00000191. The van der Waals surface area contributed by atoms with Crippen LogP contribution in [0.4, 0.5) is 4.39 Å². The molecular formula is C16H23FN2O2. The molecular weight excluding hydrogens is 271 g/mol. The summed E-state index contributed by atoms with van der Waals surface area (Å²) >= 11 is 0. The molecule has 0 saturated carbocycles. The maximum Gasteiger partial charge on any atom is 0.303 e. The molecule has 0 radical (unpaired) electrons. The monoisotopic (exact) mass is 294 g/mol. The zero-order valence-electron chi connectivity index (χ0n) is 13.1. The van der Waals surface area contributed by atoms with Crippen molar-refractivity contribution in [1.29, 1.82) is 0 Å². The lowest BCUT2D eigenvalue weighted by atomic mass is 10.2. The molecule has 5 heteroatoms. The molecule has 1 aromatic heterocycles. The van der Waals surface area contributed by atoms with Crippen molar-refractivity contribution in [1.82, 2.24) is 9.55 Å². The maximum absolute atomic E-state index is 12.9. The molecule has 0 bridgehead atoms. The summed E-state index contributed by atoms with van der Waals surface area (Å²) in [6, 6.07) is 0. The van der Waals surface area contributed by atoms with Crippen LogP contribution in [0.15, 0.2) is 48.7 Å². The molecule has 21 heavy (non-hydrogen) atoms. The Kier molecular flexibility index (Phi) is 9.50. The van der Waals surface area contributed by atoms with Gasteiger partial charge < -0.3 is 9.30 Å². The largest absolute Gasteiger partial charge is 0.459 e. The molecule has 0 N–H and O–H groups in total. The molecule has 0 saturated heterocycles. The van der Waals surface area contributed by atoms with Crippen molar-refractivity contribution < 1.29 is 13.9 Å². The molecule has 0 aliphatic carbocycles. The predicted molar refractivity (Wildman–Crippen MR) is 82.2 cm³/mol. The van der Waals surface area contributed by atoms with Crippen molar-refractivity contribution in [3.63, 3.8) is 0 Å². The van der Waals surface area contributed by atoms with Gasteiger partial charge in [0.1, 0.15) is 12.4 Å². The summed E-state index contributed by atoms with van der Waals surface area (Å²) < 4.78 is 19.6. The number of hydrogen-bond acceptors (Lipinski definition) is 3. The van der Waals surface area contributed by atoms with Crippen LogP contribution in [0.3, 0.4) is 0 Å². The topological polar surface area (TPSA) is 44.1 Å². The van der Waals surface area contributed by atoms with Crippen LogP contribution in [-0.2, 0) is 22.7 Å². The normalized spacial score (nSPS) is 11.0. The number of carbonyl (C=O) groups excluding carboxylic acids is 1. The molecule has 0 fully saturated rings. The van der Waals surface area contributed by atoms with Gasteiger partial charge >= 0.3 is 5.97 Å². The fourth-order valence-electron chi connectivity index (χ4n) is 1.54. The number of esters is 1. The van der Waals surface area contributed by atoms with Gasteiger partial charge in [0.2, 0.25) is 0 Å². The Morgan fingerprint density at radius 1 is 1.52 bits per heavy atom. The van der Waals surface area contributed by atoms with Crippen LogP contribution < -0.4 is 0 Å². The van der Waals surface area contributed by atoms with Gasteiger partial charge in [0.25, 0.3) is 0 Å². The van der Waals surface area contributed by atoms with E-state index < -0.39 is 5.83 Å². The second-order valence-corrected chi connectivity index (χ2v) is 3.96. The average Bonchev–Trinajstić information content (AvgIpc) is 2.85. The summed E-state index contributed by atoms with van der Waals surface area (Å²) in [5.74, 6) is -0.858. The summed E-state index contributed by atoms with van der Waals surface area (Å²) in [4.78, 5) is 14.8. The first-order valence-corrected chi connectivity index (χ1v) is 6.83. The van der Waals surface area contributed by atoms with Crippen molar-refractivity contribution >= 4 is 5.97 Å². The molecule has 0 aliphatic heterocycles. The molecule has 0 spiro atoms. The van der Waals surface area contributed by atoms with Gasteiger partial charge in [0.15, 0.2) is 0 Å². The Bertz CT molecular complexity index is 516. The van der Waals surface area contributed by atoms with Gasteiger partial charge in [-0.25, -0.2) is 9.37 Å². The van der Waals surface area contributed by atoms with Gasteiger partial charge in [0, 0.05) is 13.5 Å². The lowest BCUT2D eigenvalue weighted by Crippen LogP contribution is -2.07. The molecule has 116 valence electrons. The molecule has 4 nitrogen and oxygen atoms in total. The van der Waals surface area contributed by atoms with Crippen LogP contribution in [0.5, 0.6) is 0 Å². The maximum atomic E-state index is 12.9. The summed E-state index contributed by atoms with van der Waals surface area (Å²) in [6.07, 6.45) is 8.19. The molecule has 0 aromatic carbocycles. The van der Waals surface area contributed by atoms with Crippen LogP contribution in [0, 0.1) is 0 Å². The number of rotatable bonds is 6. The van der Waals surface area contributed by atoms with E-state index in [9.17, 15) is 9.18 Å². The lowest BCUT2D eigenvalue weighted by Gasteiger charge is -2.09.